The molecule has 1 N–H and O–H groups in total. The highest BCUT2D eigenvalue weighted by Crippen LogP contribution is 2.31. The first-order chi connectivity index (χ1) is 17.2. The van der Waals surface area contributed by atoms with E-state index in [0.29, 0.717) is 30.5 Å². The first-order valence-corrected chi connectivity index (χ1v) is 12.3. The summed E-state index contributed by atoms with van der Waals surface area (Å²) in [6, 6.07) is 8.69. The number of nitrogens with zero attached hydrogens (tertiary/aromatic N) is 4. The molecule has 2 saturated heterocycles. The molecule has 36 heavy (non-hydrogen) atoms. The summed E-state index contributed by atoms with van der Waals surface area (Å²) >= 11 is 0. The maximum absolute atomic E-state index is 13.7. The second-order valence-electron chi connectivity index (χ2n) is 10.1. The number of fused-ring (bicyclic) bond motifs is 1. The van der Waals surface area contributed by atoms with Gasteiger partial charge in [0.2, 0.25) is 5.91 Å². The summed E-state index contributed by atoms with van der Waals surface area (Å²) < 4.78 is 0. The predicted molar refractivity (Wildman–Crippen MR) is 136 cm³/mol. The number of benzene rings is 1. The Morgan fingerprint density at radius 2 is 1.81 bits per heavy atom. The number of likely N-dealkylation sites (tertiary alicyclic amines) is 2. The SMILES string of the molecule is CC(C)C[C@H](NC(=O)c1ccc(N(C)C)cc1)C(=O)N1CC[C@@H]2C1C(=O)CN2C(=O)c1cccnc1. The van der Waals surface area contributed by atoms with Gasteiger partial charge < -0.3 is 20.0 Å². The summed E-state index contributed by atoms with van der Waals surface area (Å²) in [7, 11) is 3.84. The highest BCUT2D eigenvalue weighted by molar-refractivity contribution is 6.03. The third-order valence-corrected chi connectivity index (χ3v) is 6.83. The number of hydrogen-bond acceptors (Lipinski definition) is 6. The lowest BCUT2D eigenvalue weighted by Gasteiger charge is -2.29. The predicted octanol–water partition coefficient (Wildman–Crippen LogP) is 1.99. The normalized spacial score (nSPS) is 19.9. The van der Waals surface area contributed by atoms with Gasteiger partial charge >= 0.3 is 0 Å². The minimum atomic E-state index is -0.763. The van der Waals surface area contributed by atoms with Crippen LogP contribution in [0.4, 0.5) is 5.69 Å². The third-order valence-electron chi connectivity index (χ3n) is 6.83. The number of anilines is 1. The van der Waals surface area contributed by atoms with Crippen LogP contribution in [0.15, 0.2) is 48.8 Å². The average Bonchev–Trinajstić information content (AvgIpc) is 3.44. The minimum Gasteiger partial charge on any atom is -0.378 e. The molecule has 0 saturated carbocycles. The van der Waals surface area contributed by atoms with Crippen LogP contribution in [0.1, 0.15) is 47.4 Å². The Balaban J connectivity index is 1.50. The second-order valence-corrected chi connectivity index (χ2v) is 10.1. The monoisotopic (exact) mass is 491 g/mol. The molecule has 1 unspecified atom stereocenters. The highest BCUT2D eigenvalue weighted by Gasteiger charge is 2.52. The van der Waals surface area contributed by atoms with E-state index in [0.717, 1.165) is 5.69 Å². The molecule has 2 fully saturated rings. The smallest absolute Gasteiger partial charge is 0.256 e. The van der Waals surface area contributed by atoms with Crippen molar-refractivity contribution in [3.05, 3.63) is 59.9 Å². The number of rotatable bonds is 7. The van der Waals surface area contributed by atoms with Crippen molar-refractivity contribution in [3.63, 3.8) is 0 Å². The summed E-state index contributed by atoms with van der Waals surface area (Å²) in [4.78, 5) is 61.8. The molecule has 0 aliphatic carbocycles. The third kappa shape index (κ3) is 5.10. The van der Waals surface area contributed by atoms with Crippen LogP contribution in [0.3, 0.4) is 0 Å². The number of nitrogens with one attached hydrogen (secondary N) is 1. The van der Waals surface area contributed by atoms with Crippen molar-refractivity contribution in [1.29, 1.82) is 0 Å². The molecule has 9 heteroatoms. The number of carbonyl (C=O) groups excluding carboxylic acids is 4. The Morgan fingerprint density at radius 3 is 2.42 bits per heavy atom. The zero-order chi connectivity index (χ0) is 26.0. The fourth-order valence-corrected chi connectivity index (χ4v) is 5.04. The fraction of sp³-hybridized carbons (Fsp3) is 0.444. The molecule has 2 aliphatic rings. The van der Waals surface area contributed by atoms with Gasteiger partial charge in [-0.3, -0.25) is 24.2 Å². The molecular formula is C27H33N5O4. The zero-order valence-corrected chi connectivity index (χ0v) is 21.2. The number of hydrogen-bond donors (Lipinski definition) is 1. The Bertz CT molecular complexity index is 1130. The van der Waals surface area contributed by atoms with Crippen molar-refractivity contribution in [3.8, 4) is 0 Å². The van der Waals surface area contributed by atoms with Gasteiger partial charge in [0.05, 0.1) is 18.2 Å². The van der Waals surface area contributed by atoms with Gasteiger partial charge in [-0.15, -0.1) is 0 Å². The average molecular weight is 492 g/mol. The zero-order valence-electron chi connectivity index (χ0n) is 21.2. The van der Waals surface area contributed by atoms with Crippen LogP contribution in [0.25, 0.3) is 0 Å². The Hall–Kier alpha value is -3.75. The summed E-state index contributed by atoms with van der Waals surface area (Å²) in [5.41, 5.74) is 1.85. The standard InChI is InChI=1S/C27H33N5O4/c1-17(2)14-21(29-25(34)18-7-9-20(10-8-18)30(3)4)27(36)31-13-11-22-24(31)23(33)16-32(22)26(35)19-6-5-12-28-15-19/h5-10,12,15,17,21-22,24H,11,13-14,16H2,1-4H3,(H,29,34)/t21-,22+,24?/m0/s1. The van der Waals surface area contributed by atoms with Crippen LogP contribution in [-0.4, -0.2) is 83.6 Å². The first kappa shape index (κ1) is 25.3. The molecule has 0 radical (unpaired) electrons. The van der Waals surface area contributed by atoms with Gasteiger partial charge in [-0.1, -0.05) is 13.8 Å². The van der Waals surface area contributed by atoms with Crippen molar-refractivity contribution in [2.45, 2.75) is 44.8 Å². The molecule has 0 spiro atoms. The quantitative estimate of drug-likeness (QED) is 0.636. The van der Waals surface area contributed by atoms with Crippen LogP contribution in [0, 0.1) is 5.92 Å². The molecule has 1 aromatic heterocycles. The van der Waals surface area contributed by atoms with Crippen LogP contribution >= 0.6 is 0 Å². The minimum absolute atomic E-state index is 0.0354. The van der Waals surface area contributed by atoms with E-state index in [1.54, 1.807) is 40.3 Å². The van der Waals surface area contributed by atoms with Gasteiger partial charge in [0.25, 0.3) is 11.8 Å². The van der Waals surface area contributed by atoms with Crippen LogP contribution in [0.2, 0.25) is 0 Å². The number of pyridine rings is 1. The summed E-state index contributed by atoms with van der Waals surface area (Å²) in [6.07, 6.45) is 4.03. The molecule has 190 valence electrons. The van der Waals surface area contributed by atoms with Gasteiger partial charge in [-0.25, -0.2) is 0 Å². The fourth-order valence-electron chi connectivity index (χ4n) is 5.04. The number of ketones is 1. The highest BCUT2D eigenvalue weighted by atomic mass is 16.2. The van der Waals surface area contributed by atoms with Gasteiger partial charge in [-0.2, -0.15) is 0 Å². The van der Waals surface area contributed by atoms with Gasteiger partial charge in [0.15, 0.2) is 5.78 Å². The summed E-state index contributed by atoms with van der Waals surface area (Å²) in [5, 5.41) is 2.90. The van der Waals surface area contributed by atoms with Crippen molar-refractivity contribution in [2.75, 3.05) is 32.1 Å². The van der Waals surface area contributed by atoms with E-state index < -0.39 is 12.1 Å². The molecule has 2 aliphatic heterocycles. The van der Waals surface area contributed by atoms with E-state index in [1.165, 1.54) is 6.20 Å². The van der Waals surface area contributed by atoms with E-state index in [-0.39, 0.29) is 42.0 Å². The number of carbonyl (C=O) groups is 4. The molecule has 0 bridgehead atoms. The van der Waals surface area contributed by atoms with Gasteiger partial charge in [0, 0.05) is 44.3 Å². The lowest BCUT2D eigenvalue weighted by atomic mass is 10.0. The lowest BCUT2D eigenvalue weighted by Crippen LogP contribution is -2.53. The molecule has 3 heterocycles. The largest absolute Gasteiger partial charge is 0.378 e. The molecule has 9 nitrogen and oxygen atoms in total. The van der Waals surface area contributed by atoms with Crippen molar-refractivity contribution >= 4 is 29.2 Å². The summed E-state index contributed by atoms with van der Waals surface area (Å²) in [5.74, 6) is -0.875. The molecule has 2 aromatic rings. The van der Waals surface area contributed by atoms with E-state index in [4.69, 9.17) is 0 Å². The molecule has 3 amide bonds. The number of amides is 3. The van der Waals surface area contributed by atoms with E-state index in [1.807, 2.05) is 45.0 Å². The molecular weight excluding hydrogens is 458 g/mol. The van der Waals surface area contributed by atoms with E-state index in [2.05, 4.69) is 10.3 Å². The topological polar surface area (TPSA) is 103 Å². The number of aromatic nitrogens is 1. The Labute approximate surface area is 211 Å². The van der Waals surface area contributed by atoms with Gasteiger partial charge in [0.1, 0.15) is 12.1 Å². The first-order valence-electron chi connectivity index (χ1n) is 12.3. The van der Waals surface area contributed by atoms with E-state index in [9.17, 15) is 19.2 Å². The van der Waals surface area contributed by atoms with Gasteiger partial charge in [-0.05, 0) is 55.2 Å². The van der Waals surface area contributed by atoms with Crippen molar-refractivity contribution in [1.82, 2.24) is 20.1 Å². The Kier molecular flexibility index (Phi) is 7.37. The van der Waals surface area contributed by atoms with Crippen LogP contribution in [-0.2, 0) is 9.59 Å². The molecule has 4 rings (SSSR count). The Morgan fingerprint density at radius 1 is 1.08 bits per heavy atom. The lowest BCUT2D eigenvalue weighted by molar-refractivity contribution is -0.138. The maximum Gasteiger partial charge on any atom is 0.256 e. The molecule has 3 atom stereocenters. The van der Waals surface area contributed by atoms with Crippen molar-refractivity contribution < 1.29 is 19.2 Å². The second kappa shape index (κ2) is 10.5. The summed E-state index contributed by atoms with van der Waals surface area (Å²) in [6.45, 7) is 4.30. The maximum atomic E-state index is 13.7. The number of Topliss-reactive ketones (excluding diaryl/α,β-unsaturated/α-hetero) is 1. The van der Waals surface area contributed by atoms with Crippen molar-refractivity contribution in [2.24, 2.45) is 5.92 Å². The molecule has 1 aromatic carbocycles. The van der Waals surface area contributed by atoms with Crippen LogP contribution in [0.5, 0.6) is 0 Å². The van der Waals surface area contributed by atoms with E-state index >= 15 is 0 Å². The van der Waals surface area contributed by atoms with Crippen LogP contribution < -0.4 is 10.2 Å².